The van der Waals surface area contributed by atoms with Gasteiger partial charge in [-0.3, -0.25) is 0 Å². The molecule has 0 spiro atoms. The standard InChI is InChI=1S/C10H12Cl2O3S/c1-2-3-6-15-10-5-4-8(7-9(10)11)16(12,13)14/h4-5,7H,2-3,6H2,1H3. The first kappa shape index (κ1) is 13.6. The van der Waals surface area contributed by atoms with Crippen LogP contribution in [0, 0.1) is 0 Å². The average Bonchev–Trinajstić information content (AvgIpc) is 2.19. The summed E-state index contributed by atoms with van der Waals surface area (Å²) < 4.78 is 27.4. The van der Waals surface area contributed by atoms with Gasteiger partial charge in [0.2, 0.25) is 0 Å². The van der Waals surface area contributed by atoms with E-state index in [0.29, 0.717) is 12.4 Å². The Balaban J connectivity index is 2.84. The molecular weight excluding hydrogens is 271 g/mol. The van der Waals surface area contributed by atoms with Gasteiger partial charge in [0.25, 0.3) is 9.05 Å². The largest absolute Gasteiger partial charge is 0.492 e. The van der Waals surface area contributed by atoms with E-state index in [1.165, 1.54) is 18.2 Å². The van der Waals surface area contributed by atoms with Crippen LogP contribution < -0.4 is 4.74 Å². The van der Waals surface area contributed by atoms with Gasteiger partial charge >= 0.3 is 0 Å². The first-order valence-corrected chi connectivity index (χ1v) is 7.51. The van der Waals surface area contributed by atoms with Crippen LogP contribution in [0.3, 0.4) is 0 Å². The Hall–Kier alpha value is -0.450. The van der Waals surface area contributed by atoms with Crippen LogP contribution >= 0.6 is 22.3 Å². The topological polar surface area (TPSA) is 43.4 Å². The smallest absolute Gasteiger partial charge is 0.261 e. The lowest BCUT2D eigenvalue weighted by molar-refractivity contribution is 0.309. The summed E-state index contributed by atoms with van der Waals surface area (Å²) in [5.74, 6) is 0.471. The summed E-state index contributed by atoms with van der Waals surface area (Å²) in [5.41, 5.74) is 0. The van der Waals surface area contributed by atoms with E-state index in [1.54, 1.807) is 0 Å². The molecule has 0 aliphatic heterocycles. The Morgan fingerprint density at radius 1 is 1.38 bits per heavy atom. The molecule has 1 rings (SSSR count). The fourth-order valence-corrected chi connectivity index (χ4v) is 2.15. The molecule has 0 aromatic heterocycles. The maximum atomic E-state index is 11.0. The molecule has 0 N–H and O–H groups in total. The molecule has 0 atom stereocenters. The predicted molar refractivity (Wildman–Crippen MR) is 64.9 cm³/mol. The van der Waals surface area contributed by atoms with Gasteiger partial charge < -0.3 is 4.74 Å². The number of hydrogen-bond donors (Lipinski definition) is 0. The molecule has 0 aliphatic carbocycles. The van der Waals surface area contributed by atoms with Crippen LogP contribution in [-0.4, -0.2) is 15.0 Å². The third-order valence-electron chi connectivity index (χ3n) is 1.94. The summed E-state index contributed by atoms with van der Waals surface area (Å²) in [6.45, 7) is 2.61. The van der Waals surface area contributed by atoms with Crippen LogP contribution in [0.1, 0.15) is 19.8 Å². The molecule has 0 saturated heterocycles. The second-order valence-electron chi connectivity index (χ2n) is 3.23. The van der Waals surface area contributed by atoms with Gasteiger partial charge in [0.15, 0.2) is 0 Å². The number of hydrogen-bond acceptors (Lipinski definition) is 3. The molecule has 0 amide bonds. The molecule has 6 heteroatoms. The van der Waals surface area contributed by atoms with E-state index in [0.717, 1.165) is 12.8 Å². The molecule has 0 aliphatic rings. The quantitative estimate of drug-likeness (QED) is 0.614. The van der Waals surface area contributed by atoms with E-state index < -0.39 is 9.05 Å². The van der Waals surface area contributed by atoms with E-state index >= 15 is 0 Å². The van der Waals surface area contributed by atoms with Crippen molar-refractivity contribution in [3.8, 4) is 5.75 Å². The second-order valence-corrected chi connectivity index (χ2v) is 6.21. The first-order chi connectivity index (χ1) is 7.45. The number of halogens is 2. The van der Waals surface area contributed by atoms with E-state index in [2.05, 4.69) is 0 Å². The Bertz CT molecular complexity index is 457. The number of rotatable bonds is 5. The normalized spacial score (nSPS) is 11.4. The zero-order valence-electron chi connectivity index (χ0n) is 8.74. The lowest BCUT2D eigenvalue weighted by Crippen LogP contribution is -1.98. The van der Waals surface area contributed by atoms with Gasteiger partial charge in [0.05, 0.1) is 16.5 Å². The Morgan fingerprint density at radius 3 is 2.56 bits per heavy atom. The van der Waals surface area contributed by atoms with Gasteiger partial charge in [-0.1, -0.05) is 24.9 Å². The third kappa shape index (κ3) is 3.85. The van der Waals surface area contributed by atoms with Crippen LogP contribution in [0.25, 0.3) is 0 Å². The summed E-state index contributed by atoms with van der Waals surface area (Å²) in [4.78, 5) is -0.0259. The average molecular weight is 283 g/mol. The van der Waals surface area contributed by atoms with Crippen molar-refractivity contribution in [1.29, 1.82) is 0 Å². The molecule has 0 unspecified atom stereocenters. The number of benzene rings is 1. The van der Waals surface area contributed by atoms with Gasteiger partial charge in [-0.05, 0) is 24.6 Å². The fourth-order valence-electron chi connectivity index (χ4n) is 1.08. The van der Waals surface area contributed by atoms with Crippen molar-refractivity contribution in [2.24, 2.45) is 0 Å². The fraction of sp³-hybridized carbons (Fsp3) is 0.400. The zero-order valence-corrected chi connectivity index (χ0v) is 11.1. The zero-order chi connectivity index (χ0) is 12.2. The van der Waals surface area contributed by atoms with Crippen molar-refractivity contribution in [2.45, 2.75) is 24.7 Å². The van der Waals surface area contributed by atoms with Gasteiger partial charge in [-0.2, -0.15) is 0 Å². The maximum Gasteiger partial charge on any atom is 0.261 e. The van der Waals surface area contributed by atoms with Gasteiger partial charge in [-0.25, -0.2) is 8.42 Å². The minimum Gasteiger partial charge on any atom is -0.492 e. The number of ether oxygens (including phenoxy) is 1. The van der Waals surface area contributed by atoms with E-state index in [-0.39, 0.29) is 9.92 Å². The van der Waals surface area contributed by atoms with Crippen molar-refractivity contribution < 1.29 is 13.2 Å². The maximum absolute atomic E-state index is 11.0. The lowest BCUT2D eigenvalue weighted by atomic mass is 10.3. The predicted octanol–water partition coefficient (Wildman–Crippen LogP) is 3.45. The lowest BCUT2D eigenvalue weighted by Gasteiger charge is -2.07. The van der Waals surface area contributed by atoms with Crippen molar-refractivity contribution in [1.82, 2.24) is 0 Å². The summed E-state index contributed by atoms with van der Waals surface area (Å²) in [6, 6.07) is 4.16. The van der Waals surface area contributed by atoms with Crippen LogP contribution in [0.15, 0.2) is 23.1 Å². The van der Waals surface area contributed by atoms with Crippen LogP contribution in [0.4, 0.5) is 0 Å². The molecule has 0 saturated carbocycles. The van der Waals surface area contributed by atoms with E-state index in [4.69, 9.17) is 27.0 Å². The highest BCUT2D eigenvalue weighted by molar-refractivity contribution is 8.13. The van der Waals surface area contributed by atoms with Gasteiger partial charge in [0.1, 0.15) is 5.75 Å². The molecule has 0 bridgehead atoms. The minimum absolute atomic E-state index is 0.0259. The molecule has 1 aromatic rings. The van der Waals surface area contributed by atoms with Crippen LogP contribution in [0.5, 0.6) is 5.75 Å². The molecule has 0 fully saturated rings. The highest BCUT2D eigenvalue weighted by Crippen LogP contribution is 2.28. The van der Waals surface area contributed by atoms with Gasteiger partial charge in [0, 0.05) is 10.7 Å². The van der Waals surface area contributed by atoms with Crippen LogP contribution in [0.2, 0.25) is 5.02 Å². The van der Waals surface area contributed by atoms with E-state index in [1.807, 2.05) is 6.92 Å². The van der Waals surface area contributed by atoms with Crippen molar-refractivity contribution >= 4 is 31.3 Å². The number of unbranched alkanes of at least 4 members (excludes halogenated alkanes) is 1. The Labute approximate surface area is 105 Å². The molecule has 1 aromatic carbocycles. The summed E-state index contributed by atoms with van der Waals surface area (Å²) in [5, 5.41) is 0.248. The Kier molecular flexibility index (Phi) is 4.89. The van der Waals surface area contributed by atoms with Crippen LogP contribution in [-0.2, 0) is 9.05 Å². The van der Waals surface area contributed by atoms with Crippen molar-refractivity contribution in [3.05, 3.63) is 23.2 Å². The third-order valence-corrected chi connectivity index (χ3v) is 3.59. The summed E-state index contributed by atoms with van der Waals surface area (Å²) >= 11 is 5.87. The Morgan fingerprint density at radius 2 is 2.06 bits per heavy atom. The molecule has 0 heterocycles. The molecule has 16 heavy (non-hydrogen) atoms. The molecule has 90 valence electrons. The molecular formula is C10H12Cl2O3S. The molecule has 3 nitrogen and oxygen atoms in total. The summed E-state index contributed by atoms with van der Waals surface area (Å²) in [6.07, 6.45) is 1.94. The highest BCUT2D eigenvalue weighted by atomic mass is 35.7. The van der Waals surface area contributed by atoms with Gasteiger partial charge in [-0.15, -0.1) is 0 Å². The minimum atomic E-state index is -3.74. The highest BCUT2D eigenvalue weighted by Gasteiger charge is 2.12. The second kappa shape index (κ2) is 5.75. The first-order valence-electron chi connectivity index (χ1n) is 4.82. The monoisotopic (exact) mass is 282 g/mol. The SMILES string of the molecule is CCCCOc1ccc(S(=O)(=O)Cl)cc1Cl. The molecule has 0 radical (unpaired) electrons. The van der Waals surface area contributed by atoms with Crippen molar-refractivity contribution in [2.75, 3.05) is 6.61 Å². The summed E-state index contributed by atoms with van der Waals surface area (Å²) in [7, 11) is 1.45. The van der Waals surface area contributed by atoms with E-state index in [9.17, 15) is 8.42 Å². The van der Waals surface area contributed by atoms with Crippen molar-refractivity contribution in [3.63, 3.8) is 0 Å².